The maximum absolute atomic E-state index is 12.5. The van der Waals surface area contributed by atoms with Gasteiger partial charge in [-0.15, -0.1) is 0 Å². The van der Waals surface area contributed by atoms with E-state index in [-0.39, 0.29) is 12.5 Å². The fourth-order valence-electron chi connectivity index (χ4n) is 3.13. The van der Waals surface area contributed by atoms with Crippen molar-refractivity contribution in [3.63, 3.8) is 0 Å². The zero-order valence-corrected chi connectivity index (χ0v) is 15.9. The number of methoxy groups -OCH3 is 1. The fourth-order valence-corrected chi connectivity index (χ4v) is 3.31. The molecule has 0 aromatic heterocycles. The van der Waals surface area contributed by atoms with Gasteiger partial charge in [-0.25, -0.2) is 0 Å². The van der Waals surface area contributed by atoms with Gasteiger partial charge in [0.25, 0.3) is 0 Å². The summed E-state index contributed by atoms with van der Waals surface area (Å²) in [6.45, 7) is 5.30. The van der Waals surface area contributed by atoms with Crippen LogP contribution in [0.2, 0.25) is 5.02 Å². The van der Waals surface area contributed by atoms with Crippen LogP contribution < -0.4 is 15.0 Å². The van der Waals surface area contributed by atoms with Gasteiger partial charge < -0.3 is 19.9 Å². The molecule has 0 radical (unpaired) electrons. The van der Waals surface area contributed by atoms with Crippen LogP contribution in [0.4, 0.5) is 11.4 Å². The molecule has 3 rings (SSSR count). The zero-order valence-electron chi connectivity index (χ0n) is 15.2. The highest BCUT2D eigenvalue weighted by atomic mass is 35.5. The largest absolute Gasteiger partial charge is 0.495 e. The Bertz CT molecular complexity index is 773. The Kier molecular flexibility index (Phi) is 5.89. The lowest BCUT2D eigenvalue weighted by Gasteiger charge is -2.36. The van der Waals surface area contributed by atoms with Crippen molar-refractivity contribution in [1.29, 1.82) is 0 Å². The molecule has 138 valence electrons. The van der Waals surface area contributed by atoms with E-state index in [1.165, 1.54) is 0 Å². The van der Waals surface area contributed by atoms with Crippen LogP contribution in [0, 0.1) is 6.92 Å². The summed E-state index contributed by atoms with van der Waals surface area (Å²) in [6, 6.07) is 13.7. The van der Waals surface area contributed by atoms with Crippen LogP contribution in [-0.4, -0.2) is 50.6 Å². The minimum Gasteiger partial charge on any atom is -0.495 e. The molecule has 0 spiro atoms. The molecule has 26 heavy (non-hydrogen) atoms. The van der Waals surface area contributed by atoms with Crippen LogP contribution in [0.5, 0.6) is 5.75 Å². The Hall–Kier alpha value is -2.40. The monoisotopic (exact) mass is 373 g/mol. The van der Waals surface area contributed by atoms with Gasteiger partial charge in [-0.3, -0.25) is 4.79 Å². The van der Waals surface area contributed by atoms with Crippen LogP contribution >= 0.6 is 11.6 Å². The summed E-state index contributed by atoms with van der Waals surface area (Å²) in [5.41, 5.74) is 3.07. The quantitative estimate of drug-likeness (QED) is 0.872. The van der Waals surface area contributed by atoms with Gasteiger partial charge in [0.1, 0.15) is 5.75 Å². The molecule has 6 heteroatoms. The molecular weight excluding hydrogens is 350 g/mol. The lowest BCUT2D eigenvalue weighted by Crippen LogP contribution is -2.50. The minimum atomic E-state index is 0.0966. The lowest BCUT2D eigenvalue weighted by atomic mass is 10.2. The smallest absolute Gasteiger partial charge is 0.241 e. The number of halogens is 1. The second-order valence-corrected chi connectivity index (χ2v) is 6.84. The predicted molar refractivity (Wildman–Crippen MR) is 106 cm³/mol. The van der Waals surface area contributed by atoms with Crippen molar-refractivity contribution in [2.45, 2.75) is 6.92 Å². The average Bonchev–Trinajstić information content (AvgIpc) is 2.66. The first kappa shape index (κ1) is 18.4. The number of hydrogen-bond donors (Lipinski definition) is 1. The first-order valence-electron chi connectivity index (χ1n) is 8.73. The van der Waals surface area contributed by atoms with Crippen molar-refractivity contribution in [2.24, 2.45) is 0 Å². The number of hydrogen-bond acceptors (Lipinski definition) is 4. The third kappa shape index (κ3) is 4.41. The van der Waals surface area contributed by atoms with Gasteiger partial charge >= 0.3 is 0 Å². The molecule has 1 amide bonds. The minimum absolute atomic E-state index is 0.0966. The second-order valence-electron chi connectivity index (χ2n) is 6.40. The highest BCUT2D eigenvalue weighted by molar-refractivity contribution is 6.30. The summed E-state index contributed by atoms with van der Waals surface area (Å²) in [5.74, 6) is 0.841. The molecule has 0 bridgehead atoms. The van der Waals surface area contributed by atoms with Crippen molar-refractivity contribution in [3.05, 3.63) is 53.1 Å². The van der Waals surface area contributed by atoms with Crippen molar-refractivity contribution >= 4 is 28.9 Å². The molecule has 1 saturated heterocycles. The number of anilines is 2. The normalized spacial score (nSPS) is 14.3. The number of carbonyl (C=O) groups excluding carboxylic acids is 1. The van der Waals surface area contributed by atoms with Gasteiger partial charge in [-0.1, -0.05) is 23.7 Å². The molecule has 1 N–H and O–H groups in total. The highest BCUT2D eigenvalue weighted by Gasteiger charge is 2.21. The second kappa shape index (κ2) is 8.32. The Balaban J connectivity index is 1.53. The van der Waals surface area contributed by atoms with Crippen LogP contribution in [0.1, 0.15) is 5.56 Å². The summed E-state index contributed by atoms with van der Waals surface area (Å²) >= 11 is 6.07. The summed E-state index contributed by atoms with van der Waals surface area (Å²) in [6.07, 6.45) is 0. The van der Waals surface area contributed by atoms with E-state index < -0.39 is 0 Å². The number of ether oxygens (including phenoxy) is 1. The van der Waals surface area contributed by atoms with E-state index in [1.54, 1.807) is 7.11 Å². The molecule has 1 fully saturated rings. The third-order valence-electron chi connectivity index (χ3n) is 4.59. The number of piperazine rings is 1. The number of amides is 1. The summed E-state index contributed by atoms with van der Waals surface area (Å²) < 4.78 is 5.35. The van der Waals surface area contributed by atoms with Crippen molar-refractivity contribution in [1.82, 2.24) is 4.90 Å². The number of carbonyl (C=O) groups is 1. The van der Waals surface area contributed by atoms with E-state index >= 15 is 0 Å². The van der Waals surface area contributed by atoms with Crippen molar-refractivity contribution in [2.75, 3.05) is 50.1 Å². The highest BCUT2D eigenvalue weighted by Crippen LogP contribution is 2.25. The molecule has 0 aliphatic carbocycles. The maximum atomic E-state index is 12.5. The van der Waals surface area contributed by atoms with Gasteiger partial charge in [-0.05, 0) is 42.8 Å². The first-order chi connectivity index (χ1) is 12.6. The Morgan fingerprint density at radius 2 is 1.92 bits per heavy atom. The van der Waals surface area contributed by atoms with E-state index in [2.05, 4.69) is 16.3 Å². The van der Waals surface area contributed by atoms with Crippen molar-refractivity contribution < 1.29 is 9.53 Å². The van der Waals surface area contributed by atoms with Gasteiger partial charge in [-0.2, -0.15) is 0 Å². The van der Waals surface area contributed by atoms with E-state index in [1.807, 2.05) is 48.2 Å². The topological polar surface area (TPSA) is 44.8 Å². The Morgan fingerprint density at radius 1 is 1.15 bits per heavy atom. The molecule has 1 heterocycles. The van der Waals surface area contributed by atoms with Gasteiger partial charge in [0.15, 0.2) is 0 Å². The number of nitrogens with zero attached hydrogens (tertiary/aromatic N) is 2. The number of benzene rings is 2. The molecule has 0 unspecified atom stereocenters. The molecule has 5 nitrogen and oxygen atoms in total. The van der Waals surface area contributed by atoms with E-state index in [0.717, 1.165) is 40.8 Å². The number of aryl methyl sites for hydroxylation is 1. The predicted octanol–water partition coefficient (Wildman–Crippen LogP) is 3.42. The molecule has 1 aliphatic heterocycles. The molecule has 2 aromatic carbocycles. The van der Waals surface area contributed by atoms with E-state index in [0.29, 0.717) is 13.1 Å². The standard InChI is InChI=1S/C20H24ClN3O2/c1-15-6-7-19(26-2)18(12-15)22-14-20(25)24-10-8-23(9-11-24)17-5-3-4-16(21)13-17/h3-7,12-13,22H,8-11,14H2,1-2H3. The van der Waals surface area contributed by atoms with Gasteiger partial charge in [0.05, 0.1) is 19.3 Å². The van der Waals surface area contributed by atoms with Gasteiger partial charge in [0.2, 0.25) is 5.91 Å². The zero-order chi connectivity index (χ0) is 18.5. The lowest BCUT2D eigenvalue weighted by molar-refractivity contribution is -0.129. The number of nitrogens with one attached hydrogen (secondary N) is 1. The number of rotatable bonds is 5. The van der Waals surface area contributed by atoms with E-state index in [4.69, 9.17) is 16.3 Å². The molecule has 1 aliphatic rings. The Labute approximate surface area is 159 Å². The third-order valence-corrected chi connectivity index (χ3v) is 4.83. The molecule has 0 saturated carbocycles. The SMILES string of the molecule is COc1ccc(C)cc1NCC(=O)N1CCN(c2cccc(Cl)c2)CC1. The van der Waals surface area contributed by atoms with Crippen LogP contribution in [0.25, 0.3) is 0 Å². The summed E-state index contributed by atoms with van der Waals surface area (Å²) in [4.78, 5) is 16.7. The Morgan fingerprint density at radius 3 is 2.62 bits per heavy atom. The van der Waals surface area contributed by atoms with Crippen LogP contribution in [0.3, 0.4) is 0 Å². The first-order valence-corrected chi connectivity index (χ1v) is 9.11. The maximum Gasteiger partial charge on any atom is 0.241 e. The van der Waals surface area contributed by atoms with Gasteiger partial charge in [0, 0.05) is 36.9 Å². The average molecular weight is 374 g/mol. The summed E-state index contributed by atoms with van der Waals surface area (Å²) in [5, 5.41) is 3.94. The molecular formula is C20H24ClN3O2. The molecule has 0 atom stereocenters. The fraction of sp³-hybridized carbons (Fsp3) is 0.350. The van der Waals surface area contributed by atoms with Crippen molar-refractivity contribution in [3.8, 4) is 5.75 Å². The molecule has 2 aromatic rings. The van der Waals surface area contributed by atoms with E-state index in [9.17, 15) is 4.79 Å². The van der Waals surface area contributed by atoms with Crippen LogP contribution in [0.15, 0.2) is 42.5 Å². The summed E-state index contributed by atoms with van der Waals surface area (Å²) in [7, 11) is 1.63. The van der Waals surface area contributed by atoms with Crippen LogP contribution in [-0.2, 0) is 4.79 Å².